The first-order valence-electron chi connectivity index (χ1n) is 5.11. The van der Waals surface area contributed by atoms with Gasteiger partial charge >= 0.3 is 0 Å². The maximum atomic E-state index is 11.9. The first-order chi connectivity index (χ1) is 8.10. The van der Waals surface area contributed by atoms with E-state index >= 15 is 0 Å². The van der Waals surface area contributed by atoms with Crippen molar-refractivity contribution >= 4 is 34.1 Å². The average Bonchev–Trinajstić information content (AvgIpc) is 2.85. The number of thiazole rings is 1. The van der Waals surface area contributed by atoms with E-state index in [1.165, 1.54) is 11.3 Å². The average molecular weight is 255 g/mol. The summed E-state index contributed by atoms with van der Waals surface area (Å²) in [7, 11) is 1.71. The summed E-state index contributed by atoms with van der Waals surface area (Å²) in [6.07, 6.45) is 0.309. The number of nitrogens with two attached hydrogens (primary N) is 1. The lowest BCUT2D eigenvalue weighted by atomic mass is 10.2. The van der Waals surface area contributed by atoms with Gasteiger partial charge in [-0.15, -0.1) is 0 Å². The molecular weight excluding hydrogens is 242 g/mol. The molecule has 0 bridgehead atoms. The van der Waals surface area contributed by atoms with Gasteiger partial charge in [-0.25, -0.2) is 4.98 Å². The third kappa shape index (κ3) is 2.47. The zero-order valence-electron chi connectivity index (χ0n) is 9.24. The molecule has 1 fully saturated rings. The van der Waals surface area contributed by atoms with Crippen LogP contribution in [0.1, 0.15) is 16.1 Å². The molecule has 0 saturated carbocycles. The van der Waals surface area contributed by atoms with Crippen LogP contribution >= 0.6 is 11.3 Å². The molecule has 1 aromatic rings. The van der Waals surface area contributed by atoms with Crippen molar-refractivity contribution in [2.75, 3.05) is 24.6 Å². The highest BCUT2D eigenvalue weighted by atomic mass is 32.1. The molecule has 2 amide bonds. The van der Waals surface area contributed by atoms with Gasteiger partial charge in [0.05, 0.1) is 6.04 Å². The monoisotopic (exact) mass is 255 g/mol. The maximum absolute atomic E-state index is 11.9. The first kappa shape index (κ1) is 11.6. The van der Waals surface area contributed by atoms with Gasteiger partial charge in [0.25, 0.3) is 5.91 Å². The standard InChI is InChI=1S/C9H13N5O2S/c1-11-9-14-7(10)6(17-9)8(16)13-4-2-5(15)12-3-4/h4H,2-3,10H2,1H3,(H,11,14)(H,12,15)(H,13,16). The Morgan fingerprint density at radius 2 is 2.41 bits per heavy atom. The number of nitrogens with zero attached hydrogens (tertiary/aromatic N) is 1. The van der Waals surface area contributed by atoms with Crippen LogP contribution in [-0.4, -0.2) is 36.4 Å². The largest absolute Gasteiger partial charge is 0.382 e. The van der Waals surface area contributed by atoms with Gasteiger partial charge in [0.1, 0.15) is 10.7 Å². The minimum Gasteiger partial charge on any atom is -0.382 e. The van der Waals surface area contributed by atoms with Crippen molar-refractivity contribution in [1.82, 2.24) is 15.6 Å². The molecule has 2 rings (SSSR count). The molecule has 1 aliphatic rings. The summed E-state index contributed by atoms with van der Waals surface area (Å²) in [6, 6.07) is -0.172. The third-order valence-corrected chi connectivity index (χ3v) is 3.47. The number of anilines is 2. The Balaban J connectivity index is 2.04. The van der Waals surface area contributed by atoms with Crippen LogP contribution in [-0.2, 0) is 4.79 Å². The second-order valence-corrected chi connectivity index (χ2v) is 4.66. The summed E-state index contributed by atoms with van der Waals surface area (Å²) in [6.45, 7) is 0.460. The van der Waals surface area contributed by atoms with Crippen molar-refractivity contribution in [3.05, 3.63) is 4.88 Å². The van der Waals surface area contributed by atoms with Gasteiger partial charge in [0, 0.05) is 20.0 Å². The molecule has 0 spiro atoms. The van der Waals surface area contributed by atoms with E-state index in [1.807, 2.05) is 0 Å². The highest BCUT2D eigenvalue weighted by molar-refractivity contribution is 7.18. The summed E-state index contributed by atoms with van der Waals surface area (Å²) in [5.41, 5.74) is 5.64. The fraction of sp³-hybridized carbons (Fsp3) is 0.444. The topological polar surface area (TPSA) is 109 Å². The highest BCUT2D eigenvalue weighted by Crippen LogP contribution is 2.24. The fourth-order valence-corrected chi connectivity index (χ4v) is 2.30. The number of amides is 2. The van der Waals surface area contributed by atoms with Crippen LogP contribution in [0.15, 0.2) is 0 Å². The van der Waals surface area contributed by atoms with Crippen molar-refractivity contribution in [1.29, 1.82) is 0 Å². The van der Waals surface area contributed by atoms with E-state index in [-0.39, 0.29) is 23.7 Å². The number of nitrogens with one attached hydrogen (secondary N) is 3. The van der Waals surface area contributed by atoms with Crippen molar-refractivity contribution in [3.63, 3.8) is 0 Å². The van der Waals surface area contributed by atoms with Crippen molar-refractivity contribution in [3.8, 4) is 0 Å². The predicted octanol–water partition coefficient (Wildman–Crippen LogP) is -0.615. The molecule has 1 atom stereocenters. The van der Waals surface area contributed by atoms with E-state index in [0.29, 0.717) is 23.0 Å². The summed E-state index contributed by atoms with van der Waals surface area (Å²) < 4.78 is 0. The zero-order valence-corrected chi connectivity index (χ0v) is 10.1. The van der Waals surface area contributed by atoms with Crippen LogP contribution in [0.5, 0.6) is 0 Å². The number of carbonyl (C=O) groups excluding carboxylic acids is 2. The Morgan fingerprint density at radius 1 is 1.65 bits per heavy atom. The molecule has 17 heavy (non-hydrogen) atoms. The van der Waals surface area contributed by atoms with E-state index in [9.17, 15) is 9.59 Å². The first-order valence-corrected chi connectivity index (χ1v) is 5.93. The second-order valence-electron chi connectivity index (χ2n) is 3.66. The molecule has 0 radical (unpaired) electrons. The highest BCUT2D eigenvalue weighted by Gasteiger charge is 2.25. The van der Waals surface area contributed by atoms with Gasteiger partial charge in [-0.1, -0.05) is 11.3 Å². The lowest BCUT2D eigenvalue weighted by Gasteiger charge is -2.08. The molecule has 8 heteroatoms. The molecule has 1 aromatic heterocycles. The van der Waals surface area contributed by atoms with Gasteiger partial charge in [0.15, 0.2) is 5.13 Å². The zero-order chi connectivity index (χ0) is 12.4. The van der Waals surface area contributed by atoms with E-state index < -0.39 is 0 Å². The van der Waals surface area contributed by atoms with E-state index in [1.54, 1.807) is 7.05 Å². The maximum Gasteiger partial charge on any atom is 0.265 e. The van der Waals surface area contributed by atoms with Crippen LogP contribution in [0.3, 0.4) is 0 Å². The molecule has 7 nitrogen and oxygen atoms in total. The quantitative estimate of drug-likeness (QED) is 0.576. The molecule has 92 valence electrons. The van der Waals surface area contributed by atoms with Crippen molar-refractivity contribution < 1.29 is 9.59 Å². The minimum atomic E-state index is -0.289. The number of hydrogen-bond donors (Lipinski definition) is 4. The van der Waals surface area contributed by atoms with Crippen LogP contribution < -0.4 is 21.7 Å². The lowest BCUT2D eigenvalue weighted by molar-refractivity contribution is -0.119. The molecule has 1 unspecified atom stereocenters. The summed E-state index contributed by atoms with van der Waals surface area (Å²) >= 11 is 1.19. The van der Waals surface area contributed by atoms with Gasteiger partial charge in [0.2, 0.25) is 5.91 Å². The Labute approximate surface area is 102 Å². The Hall–Kier alpha value is -1.83. The molecule has 0 aliphatic carbocycles. The van der Waals surface area contributed by atoms with Crippen molar-refractivity contribution in [2.45, 2.75) is 12.5 Å². The smallest absolute Gasteiger partial charge is 0.265 e. The Bertz CT molecular complexity index is 458. The Kier molecular flexibility index (Phi) is 3.14. The van der Waals surface area contributed by atoms with Crippen LogP contribution in [0.25, 0.3) is 0 Å². The summed E-state index contributed by atoms with van der Waals surface area (Å²) in [4.78, 5) is 27.2. The molecule has 1 saturated heterocycles. The summed E-state index contributed by atoms with van der Waals surface area (Å²) in [5.74, 6) is -0.138. The van der Waals surface area contributed by atoms with Gasteiger partial charge in [-0.05, 0) is 0 Å². The van der Waals surface area contributed by atoms with Crippen LogP contribution in [0.4, 0.5) is 10.9 Å². The van der Waals surface area contributed by atoms with Gasteiger partial charge < -0.3 is 21.7 Å². The Morgan fingerprint density at radius 3 is 2.94 bits per heavy atom. The lowest BCUT2D eigenvalue weighted by Crippen LogP contribution is -2.36. The third-order valence-electron chi connectivity index (χ3n) is 2.39. The number of hydrogen-bond acceptors (Lipinski definition) is 6. The number of aromatic nitrogens is 1. The van der Waals surface area contributed by atoms with Crippen LogP contribution in [0, 0.1) is 0 Å². The number of carbonyl (C=O) groups is 2. The molecular formula is C9H13N5O2S. The minimum absolute atomic E-state index is 0.0523. The molecule has 5 N–H and O–H groups in total. The van der Waals surface area contributed by atoms with E-state index in [2.05, 4.69) is 20.9 Å². The van der Waals surface area contributed by atoms with Crippen molar-refractivity contribution in [2.24, 2.45) is 0 Å². The van der Waals surface area contributed by atoms with Gasteiger partial charge in [-0.3, -0.25) is 9.59 Å². The van der Waals surface area contributed by atoms with E-state index in [4.69, 9.17) is 5.73 Å². The molecule has 2 heterocycles. The fourth-order valence-electron chi connectivity index (χ4n) is 1.56. The predicted molar refractivity (Wildman–Crippen MR) is 65.0 cm³/mol. The second kappa shape index (κ2) is 4.58. The SMILES string of the molecule is CNc1nc(N)c(C(=O)NC2CNC(=O)C2)s1. The van der Waals surface area contributed by atoms with Gasteiger partial charge in [-0.2, -0.15) is 0 Å². The number of nitrogen functional groups attached to an aromatic ring is 1. The normalized spacial score (nSPS) is 18.9. The van der Waals surface area contributed by atoms with E-state index in [0.717, 1.165) is 0 Å². The summed E-state index contributed by atoms with van der Waals surface area (Å²) in [5, 5.41) is 8.81. The molecule has 0 aromatic carbocycles. The van der Waals surface area contributed by atoms with Crippen LogP contribution in [0.2, 0.25) is 0 Å². The molecule has 1 aliphatic heterocycles. The number of rotatable bonds is 3.